The molecule has 5 rings (SSSR count). The summed E-state index contributed by atoms with van der Waals surface area (Å²) < 4.78 is 44.4. The summed E-state index contributed by atoms with van der Waals surface area (Å²) in [7, 11) is 0. The van der Waals surface area contributed by atoms with Gasteiger partial charge in [0.1, 0.15) is 5.52 Å². The van der Waals surface area contributed by atoms with E-state index in [1.165, 1.54) is 12.1 Å². The molecule has 9 heteroatoms. The first-order valence-corrected chi connectivity index (χ1v) is 12.7. The van der Waals surface area contributed by atoms with Crippen molar-refractivity contribution in [2.24, 2.45) is 0 Å². The lowest BCUT2D eigenvalue weighted by molar-refractivity contribution is -0.137. The van der Waals surface area contributed by atoms with Crippen molar-refractivity contribution in [3.63, 3.8) is 0 Å². The van der Waals surface area contributed by atoms with Crippen LogP contribution in [0.15, 0.2) is 71.7 Å². The summed E-state index contributed by atoms with van der Waals surface area (Å²) >= 11 is 0. The molecular formula is C30H29F3N4O2. The monoisotopic (exact) mass is 534 g/mol. The molecule has 4 aromatic rings. The van der Waals surface area contributed by atoms with Crippen LogP contribution in [0.3, 0.4) is 0 Å². The number of aryl methyl sites for hydroxylation is 1. The Bertz CT molecular complexity index is 1500. The number of alkyl halides is 3. The van der Waals surface area contributed by atoms with E-state index in [0.29, 0.717) is 37.8 Å². The van der Waals surface area contributed by atoms with Crippen molar-refractivity contribution in [2.45, 2.75) is 20.0 Å². The molecule has 0 radical (unpaired) electrons. The first kappa shape index (κ1) is 26.5. The largest absolute Gasteiger partial charge is 0.436 e. The van der Waals surface area contributed by atoms with Crippen molar-refractivity contribution >= 4 is 34.0 Å². The van der Waals surface area contributed by atoms with Gasteiger partial charge in [-0.3, -0.25) is 9.69 Å². The van der Waals surface area contributed by atoms with Crippen LogP contribution in [0.5, 0.6) is 0 Å². The summed E-state index contributed by atoms with van der Waals surface area (Å²) in [6, 6.07) is 16.6. The fourth-order valence-electron chi connectivity index (χ4n) is 4.70. The van der Waals surface area contributed by atoms with E-state index in [1.54, 1.807) is 0 Å². The highest BCUT2D eigenvalue weighted by atomic mass is 19.4. The van der Waals surface area contributed by atoms with Crippen molar-refractivity contribution in [3.05, 3.63) is 83.9 Å². The number of fused-ring (bicyclic) bond motifs is 1. The number of halogens is 3. The summed E-state index contributed by atoms with van der Waals surface area (Å²) in [5.74, 6) is 0.381. The number of allylic oxidation sites excluding steroid dienone is 1. The van der Waals surface area contributed by atoms with E-state index in [0.717, 1.165) is 51.2 Å². The molecule has 1 N–H and O–H groups in total. The standard InChI is InChI=1S/C30H29F3N4O2/c1-19(2)22-16-20(3)28-26(17-22)35-29(39-28)21-4-8-24(9-5-21)34-27(38)18-36-12-14-37(15-13-36)25-10-6-23(7-11-25)30(31,32)33/h4-11,16-17H,1,12-15,18H2,2-3H3,(H,34,38). The van der Waals surface area contributed by atoms with Gasteiger partial charge in [-0.05, 0) is 85.6 Å². The molecule has 0 unspecified atom stereocenters. The van der Waals surface area contributed by atoms with Gasteiger partial charge in [0.05, 0.1) is 12.1 Å². The van der Waals surface area contributed by atoms with E-state index in [4.69, 9.17) is 4.42 Å². The van der Waals surface area contributed by atoms with Gasteiger partial charge in [0, 0.05) is 43.1 Å². The molecule has 0 bridgehead atoms. The Morgan fingerprint density at radius 1 is 1.03 bits per heavy atom. The summed E-state index contributed by atoms with van der Waals surface area (Å²) in [5.41, 5.74) is 6.07. The number of anilines is 2. The second-order valence-corrected chi connectivity index (χ2v) is 9.87. The molecule has 0 saturated carbocycles. The third-order valence-electron chi connectivity index (χ3n) is 6.88. The molecule has 0 spiro atoms. The lowest BCUT2D eigenvalue weighted by Crippen LogP contribution is -2.48. The zero-order chi connectivity index (χ0) is 27.7. The number of rotatable bonds is 6. The summed E-state index contributed by atoms with van der Waals surface area (Å²) in [6.07, 6.45) is -4.34. The minimum atomic E-state index is -4.34. The van der Waals surface area contributed by atoms with Crippen molar-refractivity contribution in [2.75, 3.05) is 42.9 Å². The van der Waals surface area contributed by atoms with Crippen molar-refractivity contribution in [3.8, 4) is 11.5 Å². The predicted octanol–water partition coefficient (Wildman–Crippen LogP) is 6.62. The van der Waals surface area contributed by atoms with Crippen LogP contribution < -0.4 is 10.2 Å². The van der Waals surface area contributed by atoms with Gasteiger partial charge < -0.3 is 14.6 Å². The van der Waals surface area contributed by atoms with E-state index < -0.39 is 11.7 Å². The number of aromatic nitrogens is 1. The maximum atomic E-state index is 12.8. The Balaban J connectivity index is 1.15. The number of nitrogens with one attached hydrogen (secondary N) is 1. The molecule has 202 valence electrons. The lowest BCUT2D eigenvalue weighted by atomic mass is 10.1. The predicted molar refractivity (Wildman–Crippen MR) is 148 cm³/mol. The Hall–Kier alpha value is -4.11. The van der Waals surface area contributed by atoms with Crippen LogP contribution in [-0.4, -0.2) is 48.5 Å². The average Bonchev–Trinajstić information content (AvgIpc) is 3.34. The van der Waals surface area contributed by atoms with Gasteiger partial charge in [-0.25, -0.2) is 4.98 Å². The van der Waals surface area contributed by atoms with Crippen molar-refractivity contribution in [1.82, 2.24) is 9.88 Å². The number of hydrogen-bond acceptors (Lipinski definition) is 5. The molecule has 1 saturated heterocycles. The first-order valence-electron chi connectivity index (χ1n) is 12.7. The maximum Gasteiger partial charge on any atom is 0.416 e. The van der Waals surface area contributed by atoms with Crippen LogP contribution in [0.1, 0.15) is 23.6 Å². The Morgan fingerprint density at radius 2 is 1.69 bits per heavy atom. The molecule has 1 aromatic heterocycles. The highest BCUT2D eigenvalue weighted by Crippen LogP contribution is 2.31. The van der Waals surface area contributed by atoms with Crippen LogP contribution in [0.4, 0.5) is 24.5 Å². The maximum absolute atomic E-state index is 12.8. The van der Waals surface area contributed by atoms with Crippen LogP contribution in [0, 0.1) is 6.92 Å². The molecule has 39 heavy (non-hydrogen) atoms. The van der Waals surface area contributed by atoms with Gasteiger partial charge in [0.15, 0.2) is 5.58 Å². The van der Waals surface area contributed by atoms with Crippen LogP contribution >= 0.6 is 0 Å². The van der Waals surface area contributed by atoms with E-state index in [9.17, 15) is 18.0 Å². The first-order chi connectivity index (χ1) is 18.6. The SMILES string of the molecule is C=C(C)c1cc(C)c2oc(-c3ccc(NC(=O)CN4CCN(c5ccc(C(F)(F)F)cc5)CC4)cc3)nc2c1. The number of nitrogens with zero attached hydrogens (tertiary/aromatic N) is 3. The number of oxazole rings is 1. The summed E-state index contributed by atoms with van der Waals surface area (Å²) in [5, 5.41) is 2.93. The number of piperazine rings is 1. The van der Waals surface area contributed by atoms with E-state index >= 15 is 0 Å². The third kappa shape index (κ3) is 5.98. The number of hydrogen-bond donors (Lipinski definition) is 1. The Kier molecular flexibility index (Phi) is 7.18. The van der Waals surface area contributed by atoms with E-state index in [1.807, 2.05) is 60.0 Å². The normalized spacial score (nSPS) is 14.5. The number of benzene rings is 3. The van der Waals surface area contributed by atoms with Gasteiger partial charge in [-0.1, -0.05) is 12.2 Å². The molecular weight excluding hydrogens is 505 g/mol. The van der Waals surface area contributed by atoms with Gasteiger partial charge in [0.25, 0.3) is 0 Å². The minimum Gasteiger partial charge on any atom is -0.436 e. The molecule has 1 amide bonds. The summed E-state index contributed by atoms with van der Waals surface area (Å²) in [4.78, 5) is 21.4. The highest BCUT2D eigenvalue weighted by Gasteiger charge is 2.30. The smallest absolute Gasteiger partial charge is 0.416 e. The molecule has 1 aliphatic heterocycles. The number of carbonyl (C=O) groups is 1. The topological polar surface area (TPSA) is 61.6 Å². The van der Waals surface area contributed by atoms with Crippen LogP contribution in [0.25, 0.3) is 28.1 Å². The third-order valence-corrected chi connectivity index (χ3v) is 6.88. The molecule has 1 fully saturated rings. The lowest BCUT2D eigenvalue weighted by Gasteiger charge is -2.35. The molecule has 3 aromatic carbocycles. The quantitative estimate of drug-likeness (QED) is 0.301. The van der Waals surface area contributed by atoms with E-state index in [-0.39, 0.29) is 12.5 Å². The average molecular weight is 535 g/mol. The number of carbonyl (C=O) groups excluding carboxylic acids is 1. The molecule has 0 aliphatic carbocycles. The molecule has 1 aliphatic rings. The van der Waals surface area contributed by atoms with Crippen LogP contribution in [-0.2, 0) is 11.0 Å². The van der Waals surface area contributed by atoms with Gasteiger partial charge in [-0.2, -0.15) is 13.2 Å². The van der Waals surface area contributed by atoms with Crippen LogP contribution in [0.2, 0.25) is 0 Å². The molecule has 2 heterocycles. The Labute approximate surface area is 224 Å². The second-order valence-electron chi connectivity index (χ2n) is 9.87. The summed E-state index contributed by atoms with van der Waals surface area (Å²) in [6.45, 7) is 10.7. The fraction of sp³-hybridized carbons (Fsp3) is 0.267. The zero-order valence-corrected chi connectivity index (χ0v) is 21.8. The van der Waals surface area contributed by atoms with Gasteiger partial charge >= 0.3 is 6.18 Å². The van der Waals surface area contributed by atoms with Crippen molar-refractivity contribution < 1.29 is 22.4 Å². The van der Waals surface area contributed by atoms with Gasteiger partial charge in [-0.15, -0.1) is 0 Å². The fourth-order valence-corrected chi connectivity index (χ4v) is 4.70. The number of amides is 1. The zero-order valence-electron chi connectivity index (χ0n) is 21.8. The Morgan fingerprint density at radius 3 is 2.31 bits per heavy atom. The second kappa shape index (κ2) is 10.6. The minimum absolute atomic E-state index is 0.129. The van der Waals surface area contributed by atoms with E-state index in [2.05, 4.69) is 16.9 Å². The van der Waals surface area contributed by atoms with Crippen molar-refractivity contribution in [1.29, 1.82) is 0 Å². The van der Waals surface area contributed by atoms with Gasteiger partial charge in [0.2, 0.25) is 11.8 Å². The molecule has 0 atom stereocenters. The molecule has 6 nitrogen and oxygen atoms in total. The highest BCUT2D eigenvalue weighted by molar-refractivity contribution is 5.92.